The highest BCUT2D eigenvalue weighted by Crippen LogP contribution is 2.02. The molecule has 0 radical (unpaired) electrons. The lowest BCUT2D eigenvalue weighted by molar-refractivity contribution is 1.34. The Hall–Kier alpha value is -1.30. The fraction of sp³-hybridized carbons (Fsp3) is 0.412. The van der Waals surface area contributed by atoms with Crippen LogP contribution in [-0.2, 0) is 0 Å². The molecule has 98 valence electrons. The number of rotatable bonds is 1. The quantitative estimate of drug-likeness (QED) is 0.515. The number of hydrogen-bond acceptors (Lipinski definition) is 0. The summed E-state index contributed by atoms with van der Waals surface area (Å²) in [6, 6.07) is 8.36. The van der Waals surface area contributed by atoms with E-state index in [2.05, 4.69) is 44.7 Å². The zero-order valence-electron chi connectivity index (χ0n) is 12.7. The Bertz CT molecular complexity index is 248. The van der Waals surface area contributed by atoms with Crippen molar-refractivity contribution in [3.05, 3.63) is 60.2 Å². The van der Waals surface area contributed by atoms with Gasteiger partial charge in [-0.05, 0) is 31.9 Å². The molecule has 0 bridgehead atoms. The van der Waals surface area contributed by atoms with Crippen LogP contribution in [0.15, 0.2) is 49.1 Å². The van der Waals surface area contributed by atoms with Gasteiger partial charge in [0, 0.05) is 0 Å². The first-order chi connectivity index (χ1) is 8.22. The fourth-order valence-corrected chi connectivity index (χ4v) is 0.799. The van der Waals surface area contributed by atoms with Crippen LogP contribution in [0.4, 0.5) is 0 Å². The number of aryl methyl sites for hydroxylation is 2. The van der Waals surface area contributed by atoms with Crippen LogP contribution in [0, 0.1) is 13.8 Å². The molecule has 0 fully saturated rings. The van der Waals surface area contributed by atoms with Gasteiger partial charge in [-0.25, -0.2) is 0 Å². The molecule has 1 aromatic carbocycles. The number of allylic oxidation sites excluding steroid dienone is 3. The smallest absolute Gasteiger partial charge is 0.0395 e. The standard InChI is InChI=1S/C8H10.C5H8.2C2H6/c1-7-5-3-4-6-8(7)2;1-3-5-4-2;2*1-2/h3-6H,1-2H3;3-5H,1H2,2H3;2*1-2H3/b;5-4-;;. The monoisotopic (exact) mass is 234 g/mol. The third-order valence-electron chi connectivity index (χ3n) is 1.75. The lowest BCUT2D eigenvalue weighted by atomic mass is 10.1. The van der Waals surface area contributed by atoms with E-state index in [0.29, 0.717) is 0 Å². The molecule has 1 aromatic rings. The maximum absolute atomic E-state index is 3.46. The topological polar surface area (TPSA) is 0 Å². The van der Waals surface area contributed by atoms with E-state index in [9.17, 15) is 0 Å². The van der Waals surface area contributed by atoms with Gasteiger partial charge in [0.05, 0.1) is 0 Å². The highest BCUT2D eigenvalue weighted by Gasteiger charge is 1.83. The number of benzene rings is 1. The van der Waals surface area contributed by atoms with Crippen molar-refractivity contribution in [3.8, 4) is 0 Å². The third-order valence-corrected chi connectivity index (χ3v) is 1.75. The molecule has 0 amide bonds. The molecule has 0 nitrogen and oxygen atoms in total. The van der Waals surface area contributed by atoms with E-state index in [1.807, 2.05) is 46.8 Å². The minimum absolute atomic E-state index is 1.37. The van der Waals surface area contributed by atoms with Crippen molar-refractivity contribution in [2.75, 3.05) is 0 Å². The van der Waals surface area contributed by atoms with E-state index in [0.717, 1.165) is 0 Å². The van der Waals surface area contributed by atoms with E-state index in [-0.39, 0.29) is 0 Å². The maximum atomic E-state index is 3.46. The second kappa shape index (κ2) is 20.2. The molecule has 0 atom stereocenters. The summed E-state index contributed by atoms with van der Waals surface area (Å²) in [7, 11) is 0. The molecule has 0 aromatic heterocycles. The van der Waals surface area contributed by atoms with Gasteiger partial charge < -0.3 is 0 Å². The molecule has 0 heterocycles. The van der Waals surface area contributed by atoms with Gasteiger partial charge in [0.15, 0.2) is 0 Å². The predicted octanol–water partition coefficient (Wildman–Crippen LogP) is 6.10. The summed E-state index contributed by atoms with van der Waals surface area (Å²) in [6.07, 6.45) is 5.58. The second-order valence-electron chi connectivity index (χ2n) is 2.85. The van der Waals surface area contributed by atoms with Crippen LogP contribution < -0.4 is 0 Å². The normalized spacial score (nSPS) is 7.71. The highest BCUT2D eigenvalue weighted by molar-refractivity contribution is 5.23. The number of hydrogen-bond donors (Lipinski definition) is 0. The third kappa shape index (κ3) is 17.3. The molecular weight excluding hydrogens is 204 g/mol. The minimum atomic E-state index is 1.37. The fourth-order valence-electron chi connectivity index (χ4n) is 0.799. The molecule has 0 N–H and O–H groups in total. The molecule has 0 saturated heterocycles. The van der Waals surface area contributed by atoms with Gasteiger partial charge in [0.1, 0.15) is 0 Å². The van der Waals surface area contributed by atoms with E-state index in [1.165, 1.54) is 11.1 Å². The maximum Gasteiger partial charge on any atom is -0.0395 e. The molecule has 0 aliphatic heterocycles. The Balaban J connectivity index is -0.000000190. The van der Waals surface area contributed by atoms with Crippen molar-refractivity contribution in [2.45, 2.75) is 48.5 Å². The Labute approximate surface area is 109 Å². The highest BCUT2D eigenvalue weighted by atomic mass is 13.9. The first-order valence-corrected chi connectivity index (χ1v) is 6.48. The zero-order chi connectivity index (χ0) is 14.1. The molecule has 0 aliphatic rings. The van der Waals surface area contributed by atoms with Crippen LogP contribution in [0.3, 0.4) is 0 Å². The Morgan fingerprint density at radius 3 is 1.35 bits per heavy atom. The second-order valence-corrected chi connectivity index (χ2v) is 2.85. The zero-order valence-corrected chi connectivity index (χ0v) is 12.7. The van der Waals surface area contributed by atoms with Gasteiger partial charge in [0.2, 0.25) is 0 Å². The van der Waals surface area contributed by atoms with E-state index in [4.69, 9.17) is 0 Å². The summed E-state index contributed by atoms with van der Waals surface area (Å²) in [4.78, 5) is 0. The van der Waals surface area contributed by atoms with Crippen molar-refractivity contribution < 1.29 is 0 Å². The van der Waals surface area contributed by atoms with Gasteiger partial charge >= 0.3 is 0 Å². The van der Waals surface area contributed by atoms with E-state index < -0.39 is 0 Å². The molecule has 0 spiro atoms. The summed E-state index contributed by atoms with van der Waals surface area (Å²) in [5, 5.41) is 0. The van der Waals surface area contributed by atoms with Gasteiger partial charge in [-0.2, -0.15) is 0 Å². The van der Waals surface area contributed by atoms with Gasteiger partial charge in [-0.3, -0.25) is 0 Å². The summed E-state index contributed by atoms with van der Waals surface area (Å²) >= 11 is 0. The predicted molar refractivity (Wildman–Crippen MR) is 83.6 cm³/mol. The Kier molecular flexibility index (Phi) is 24.9. The minimum Gasteiger partial charge on any atom is -0.0991 e. The van der Waals surface area contributed by atoms with Crippen molar-refractivity contribution in [2.24, 2.45) is 0 Å². The van der Waals surface area contributed by atoms with Crippen LogP contribution in [0.25, 0.3) is 0 Å². The largest absolute Gasteiger partial charge is 0.0991 e. The molecule has 0 unspecified atom stereocenters. The van der Waals surface area contributed by atoms with Crippen LogP contribution in [0.1, 0.15) is 45.7 Å². The molecular formula is C17H30. The van der Waals surface area contributed by atoms with E-state index >= 15 is 0 Å². The van der Waals surface area contributed by atoms with Crippen molar-refractivity contribution >= 4 is 0 Å². The van der Waals surface area contributed by atoms with Gasteiger partial charge in [-0.1, -0.05) is 76.8 Å². The average Bonchev–Trinajstić information content (AvgIpc) is 2.40. The molecule has 17 heavy (non-hydrogen) atoms. The Morgan fingerprint density at radius 1 is 0.882 bits per heavy atom. The van der Waals surface area contributed by atoms with Crippen molar-refractivity contribution in [3.63, 3.8) is 0 Å². The van der Waals surface area contributed by atoms with Gasteiger partial charge in [0.25, 0.3) is 0 Å². The lowest BCUT2D eigenvalue weighted by Crippen LogP contribution is -1.74. The molecule has 0 saturated carbocycles. The average molecular weight is 234 g/mol. The first kappa shape index (κ1) is 21.0. The van der Waals surface area contributed by atoms with Crippen LogP contribution >= 0.6 is 0 Å². The molecule has 0 heteroatoms. The van der Waals surface area contributed by atoms with Crippen molar-refractivity contribution in [1.29, 1.82) is 0 Å². The van der Waals surface area contributed by atoms with Crippen molar-refractivity contribution in [1.82, 2.24) is 0 Å². The molecule has 0 aliphatic carbocycles. The van der Waals surface area contributed by atoms with Crippen LogP contribution in [0.2, 0.25) is 0 Å². The summed E-state index contributed by atoms with van der Waals surface area (Å²) in [5.74, 6) is 0. The summed E-state index contributed by atoms with van der Waals surface area (Å²) in [5.41, 5.74) is 2.74. The first-order valence-electron chi connectivity index (χ1n) is 6.48. The van der Waals surface area contributed by atoms with Gasteiger partial charge in [-0.15, -0.1) is 0 Å². The van der Waals surface area contributed by atoms with Crippen LogP contribution in [-0.4, -0.2) is 0 Å². The van der Waals surface area contributed by atoms with Crippen LogP contribution in [0.5, 0.6) is 0 Å². The molecule has 1 rings (SSSR count). The Morgan fingerprint density at radius 2 is 1.24 bits per heavy atom. The van der Waals surface area contributed by atoms with E-state index in [1.54, 1.807) is 6.08 Å². The SMILES string of the molecule is C=C/C=C\C.CC.CC.Cc1ccccc1C. The lowest BCUT2D eigenvalue weighted by Gasteiger charge is -1.93. The summed E-state index contributed by atoms with van der Waals surface area (Å²) < 4.78 is 0. The summed E-state index contributed by atoms with van der Waals surface area (Å²) in [6.45, 7) is 17.7.